The largest absolute Gasteiger partial charge is 0.490 e. The van der Waals surface area contributed by atoms with Gasteiger partial charge in [-0.15, -0.1) is 0 Å². The Morgan fingerprint density at radius 3 is 2.12 bits per heavy atom. The van der Waals surface area contributed by atoms with Crippen molar-refractivity contribution in [1.82, 2.24) is 14.8 Å². The molecule has 3 aliphatic rings. The van der Waals surface area contributed by atoms with E-state index < -0.39 is 24.3 Å². The number of ether oxygens (including phenoxy) is 1. The number of fused-ring (bicyclic) bond motifs is 1. The summed E-state index contributed by atoms with van der Waals surface area (Å²) in [7, 11) is 2.29. The van der Waals surface area contributed by atoms with Crippen LogP contribution in [0.4, 0.5) is 26.3 Å². The fourth-order valence-electron chi connectivity index (χ4n) is 5.44. The van der Waals surface area contributed by atoms with E-state index in [-0.39, 0.29) is 0 Å². The summed E-state index contributed by atoms with van der Waals surface area (Å²) in [5.41, 5.74) is 3.19. The highest BCUT2D eigenvalue weighted by Gasteiger charge is 2.47. The number of halogens is 6. The summed E-state index contributed by atoms with van der Waals surface area (Å²) in [6, 6.07) is 8.86. The Morgan fingerprint density at radius 1 is 1.00 bits per heavy atom. The standard InChI is InChI=1S/C23H33N3O.2C2HF3O2/c1-25-14-20(16-27-15-18-5-6-18)23(17-25)8-11-26(12-9-23)13-19-3-2-4-22-21(19)7-10-24-22;2*3-2(4,5)1(6)7/h2-4,7,10,18,20,24H,5-6,8-9,11-17H2,1H3;2*(H,6,7). The number of hydrogen-bond acceptors (Lipinski definition) is 5. The van der Waals surface area contributed by atoms with Gasteiger partial charge in [0, 0.05) is 49.3 Å². The summed E-state index contributed by atoms with van der Waals surface area (Å²) < 4.78 is 69.6. The summed E-state index contributed by atoms with van der Waals surface area (Å²) in [6.07, 6.45) is -2.70. The van der Waals surface area contributed by atoms with E-state index in [0.29, 0.717) is 5.41 Å². The van der Waals surface area contributed by atoms with Crippen LogP contribution in [0.15, 0.2) is 30.5 Å². The number of aromatic nitrogens is 1. The molecule has 0 amide bonds. The molecule has 1 unspecified atom stereocenters. The van der Waals surface area contributed by atoms with Crippen LogP contribution in [0, 0.1) is 17.3 Å². The summed E-state index contributed by atoms with van der Waals surface area (Å²) in [6.45, 7) is 7.96. The minimum absolute atomic E-state index is 0.481. The summed E-state index contributed by atoms with van der Waals surface area (Å²) in [5.74, 6) is -3.92. The number of rotatable bonds is 6. The number of hydrogen-bond donors (Lipinski definition) is 3. The van der Waals surface area contributed by atoms with Crippen LogP contribution in [-0.2, 0) is 20.9 Å². The number of benzene rings is 1. The number of aromatic amines is 1. The van der Waals surface area contributed by atoms with Crippen LogP contribution < -0.4 is 0 Å². The zero-order valence-corrected chi connectivity index (χ0v) is 22.6. The fraction of sp³-hybridized carbons (Fsp3) is 0.630. The molecule has 0 radical (unpaired) electrons. The zero-order valence-electron chi connectivity index (χ0n) is 22.6. The molecule has 1 aromatic heterocycles. The van der Waals surface area contributed by atoms with E-state index in [1.165, 1.54) is 68.3 Å². The smallest absolute Gasteiger partial charge is 0.475 e. The number of alkyl halides is 6. The quantitative estimate of drug-likeness (QED) is 0.404. The highest BCUT2D eigenvalue weighted by molar-refractivity contribution is 5.82. The van der Waals surface area contributed by atoms with Crippen LogP contribution in [0.25, 0.3) is 10.9 Å². The number of H-pyrrole nitrogens is 1. The van der Waals surface area contributed by atoms with E-state index in [1.807, 2.05) is 0 Å². The lowest BCUT2D eigenvalue weighted by atomic mass is 9.71. The molecule has 3 heterocycles. The predicted molar refractivity (Wildman–Crippen MR) is 137 cm³/mol. The molecule has 1 spiro atoms. The molecule has 230 valence electrons. The van der Waals surface area contributed by atoms with Gasteiger partial charge in [0.05, 0.1) is 6.61 Å². The molecule has 3 fully saturated rings. The van der Waals surface area contributed by atoms with E-state index in [0.717, 1.165) is 31.6 Å². The van der Waals surface area contributed by atoms with Gasteiger partial charge in [-0.1, -0.05) is 12.1 Å². The second-order valence-electron chi connectivity index (χ2n) is 11.0. The SMILES string of the molecule is CN1CC(COCC2CC2)C2(CCN(Cc3cccc4[nH]ccc34)CC2)C1.O=C(O)C(F)(F)F.O=C(O)C(F)(F)F. The van der Waals surface area contributed by atoms with Crippen molar-refractivity contribution in [3.05, 3.63) is 36.0 Å². The van der Waals surface area contributed by atoms with Gasteiger partial charge in [-0.2, -0.15) is 26.3 Å². The minimum Gasteiger partial charge on any atom is -0.475 e. The zero-order chi connectivity index (χ0) is 30.4. The second kappa shape index (κ2) is 13.4. The van der Waals surface area contributed by atoms with Crippen LogP contribution in [-0.4, -0.2) is 95.7 Å². The van der Waals surface area contributed by atoms with Gasteiger partial charge >= 0.3 is 24.3 Å². The number of carboxylic acid groups (broad SMARTS) is 2. The van der Waals surface area contributed by atoms with Crippen LogP contribution >= 0.6 is 0 Å². The van der Waals surface area contributed by atoms with Crippen molar-refractivity contribution in [3.8, 4) is 0 Å². The second-order valence-corrected chi connectivity index (χ2v) is 11.0. The lowest BCUT2D eigenvalue weighted by molar-refractivity contribution is -0.193. The molecule has 1 aromatic carbocycles. The van der Waals surface area contributed by atoms with Gasteiger partial charge in [-0.05, 0) is 74.8 Å². The Morgan fingerprint density at radius 2 is 1.59 bits per heavy atom. The number of aliphatic carboxylic acids is 2. The van der Waals surface area contributed by atoms with E-state index in [1.54, 1.807) is 0 Å². The number of piperidine rings is 1. The number of nitrogens with zero attached hydrogens (tertiary/aromatic N) is 2. The molecule has 14 heteroatoms. The van der Waals surface area contributed by atoms with E-state index in [2.05, 4.69) is 52.3 Å². The summed E-state index contributed by atoms with van der Waals surface area (Å²) in [4.78, 5) is 26.3. The Labute approximate surface area is 233 Å². The van der Waals surface area contributed by atoms with Gasteiger partial charge in [0.2, 0.25) is 0 Å². The van der Waals surface area contributed by atoms with Gasteiger partial charge < -0.3 is 24.8 Å². The van der Waals surface area contributed by atoms with Gasteiger partial charge in [0.15, 0.2) is 0 Å². The molecule has 8 nitrogen and oxygen atoms in total. The van der Waals surface area contributed by atoms with Crippen molar-refractivity contribution < 1.29 is 50.9 Å². The van der Waals surface area contributed by atoms with E-state index in [4.69, 9.17) is 24.5 Å². The maximum atomic E-state index is 10.6. The molecule has 2 aliphatic heterocycles. The molecule has 41 heavy (non-hydrogen) atoms. The number of nitrogens with one attached hydrogen (secondary N) is 1. The van der Waals surface area contributed by atoms with Crippen molar-refractivity contribution in [2.75, 3.05) is 46.4 Å². The van der Waals surface area contributed by atoms with E-state index in [9.17, 15) is 26.3 Å². The molecular weight excluding hydrogens is 560 g/mol. The third-order valence-electron chi connectivity index (χ3n) is 7.77. The maximum absolute atomic E-state index is 10.6. The van der Waals surface area contributed by atoms with Crippen LogP contribution in [0.3, 0.4) is 0 Å². The molecule has 0 bridgehead atoms. The van der Waals surface area contributed by atoms with E-state index >= 15 is 0 Å². The minimum atomic E-state index is -5.08. The average molecular weight is 596 g/mol. The van der Waals surface area contributed by atoms with Gasteiger partial charge in [-0.3, -0.25) is 4.90 Å². The Hall–Kier alpha value is -2.84. The Balaban J connectivity index is 0.000000276. The maximum Gasteiger partial charge on any atom is 0.490 e. The van der Waals surface area contributed by atoms with Crippen LogP contribution in [0.5, 0.6) is 0 Å². The van der Waals surface area contributed by atoms with Gasteiger partial charge in [0.1, 0.15) is 0 Å². The van der Waals surface area contributed by atoms with Crippen molar-refractivity contribution in [2.45, 2.75) is 44.6 Å². The van der Waals surface area contributed by atoms with Crippen molar-refractivity contribution in [1.29, 1.82) is 0 Å². The lowest BCUT2D eigenvalue weighted by Crippen LogP contribution is -2.45. The first kappa shape index (κ1) is 32.7. The first-order valence-corrected chi connectivity index (χ1v) is 13.2. The highest BCUT2D eigenvalue weighted by atomic mass is 19.4. The Bertz CT molecular complexity index is 1130. The van der Waals surface area contributed by atoms with Crippen molar-refractivity contribution >= 4 is 22.8 Å². The predicted octanol–water partition coefficient (Wildman–Crippen LogP) is 5.00. The molecule has 1 saturated carbocycles. The number of likely N-dealkylation sites (tertiary alicyclic amines) is 2. The van der Waals surface area contributed by atoms with Crippen molar-refractivity contribution in [2.24, 2.45) is 17.3 Å². The molecule has 1 aliphatic carbocycles. The normalized spacial score (nSPS) is 21.2. The first-order valence-electron chi connectivity index (χ1n) is 13.2. The van der Waals surface area contributed by atoms with Crippen LogP contribution in [0.2, 0.25) is 0 Å². The average Bonchev–Trinajstić information content (AvgIpc) is 3.47. The highest BCUT2D eigenvalue weighted by Crippen LogP contribution is 2.45. The third-order valence-corrected chi connectivity index (χ3v) is 7.77. The monoisotopic (exact) mass is 595 g/mol. The molecular formula is C27H35F6N3O5. The molecule has 5 rings (SSSR count). The number of carboxylic acids is 2. The molecule has 1 atom stereocenters. The third kappa shape index (κ3) is 9.60. The summed E-state index contributed by atoms with van der Waals surface area (Å²) in [5, 5.41) is 15.6. The van der Waals surface area contributed by atoms with Gasteiger partial charge in [-0.25, -0.2) is 9.59 Å². The molecule has 3 N–H and O–H groups in total. The summed E-state index contributed by atoms with van der Waals surface area (Å²) >= 11 is 0. The van der Waals surface area contributed by atoms with Crippen LogP contribution in [0.1, 0.15) is 31.2 Å². The first-order chi connectivity index (χ1) is 19.1. The molecule has 2 aromatic rings. The number of carbonyl (C=O) groups is 2. The lowest BCUT2D eigenvalue weighted by Gasteiger charge is -2.42. The van der Waals surface area contributed by atoms with Crippen molar-refractivity contribution in [3.63, 3.8) is 0 Å². The fourth-order valence-corrected chi connectivity index (χ4v) is 5.44. The molecule has 2 saturated heterocycles. The topological polar surface area (TPSA) is 106 Å². The van der Waals surface area contributed by atoms with Gasteiger partial charge in [0.25, 0.3) is 0 Å². The Kier molecular flexibility index (Phi) is 10.7.